The second-order valence-electron chi connectivity index (χ2n) is 13.1. The molecule has 4 saturated carbocycles. The molecule has 4 fully saturated rings. The molecule has 0 aliphatic heterocycles. The van der Waals surface area contributed by atoms with Crippen LogP contribution in [0.2, 0.25) is 0 Å². The van der Waals surface area contributed by atoms with Gasteiger partial charge in [0.1, 0.15) is 5.75 Å². The molecule has 41 heavy (non-hydrogen) atoms. The quantitative estimate of drug-likeness (QED) is 0.212. The van der Waals surface area contributed by atoms with Gasteiger partial charge in [-0.1, -0.05) is 26.0 Å². The topological polar surface area (TPSA) is 123 Å². The van der Waals surface area contributed by atoms with E-state index in [1.807, 2.05) is 18.2 Å². The Labute approximate surface area is 252 Å². The third kappa shape index (κ3) is 8.82. The molecular formula is C32H52ClN3O5. The van der Waals surface area contributed by atoms with Crippen molar-refractivity contribution in [3.63, 3.8) is 0 Å². The number of benzene rings is 1. The van der Waals surface area contributed by atoms with Crippen molar-refractivity contribution in [2.24, 2.45) is 40.7 Å². The smallest absolute Gasteiger partial charge is 0.255 e. The van der Waals surface area contributed by atoms with Gasteiger partial charge >= 0.3 is 0 Å². The predicted octanol–water partition coefficient (Wildman–Crippen LogP) is 4.33. The van der Waals surface area contributed by atoms with Gasteiger partial charge in [0.25, 0.3) is 5.91 Å². The molecular weight excluding hydrogens is 542 g/mol. The molecule has 4 bridgehead atoms. The number of aliphatic hydroxyl groups is 1. The number of carbonyl (C=O) groups is 2. The van der Waals surface area contributed by atoms with Gasteiger partial charge in [0.2, 0.25) is 5.91 Å². The van der Waals surface area contributed by atoms with Crippen LogP contribution in [-0.2, 0) is 9.53 Å². The molecule has 232 valence electrons. The zero-order valence-corrected chi connectivity index (χ0v) is 25.9. The van der Waals surface area contributed by atoms with E-state index in [4.69, 9.17) is 15.2 Å². The second kappa shape index (κ2) is 15.6. The number of halogens is 1. The number of carbonyl (C=O) groups excluding carboxylic acids is 2. The Morgan fingerprint density at radius 1 is 1.00 bits per heavy atom. The lowest BCUT2D eigenvalue weighted by Gasteiger charge is -2.55. The summed E-state index contributed by atoms with van der Waals surface area (Å²) in [6.45, 7) is 6.03. The van der Waals surface area contributed by atoms with Gasteiger partial charge in [-0.3, -0.25) is 9.59 Å². The first kappa shape index (κ1) is 33.6. The van der Waals surface area contributed by atoms with E-state index in [2.05, 4.69) is 24.5 Å². The predicted molar refractivity (Wildman–Crippen MR) is 163 cm³/mol. The first-order valence-corrected chi connectivity index (χ1v) is 15.4. The van der Waals surface area contributed by atoms with Crippen LogP contribution in [0, 0.1) is 35.0 Å². The Morgan fingerprint density at radius 3 is 2.22 bits per heavy atom. The molecule has 5 N–H and O–H groups in total. The molecule has 2 amide bonds. The SMILES string of the molecule is COCCCCOc1ccccc1C(=O)NC[C@@H](C[C@H](N)[C@@H](O)CNC(=O)C12CC3CC(CC(C3)C1)C2)C(C)C.Cl. The maximum absolute atomic E-state index is 13.3. The van der Waals surface area contributed by atoms with Crippen LogP contribution < -0.4 is 21.1 Å². The van der Waals surface area contributed by atoms with Crippen molar-refractivity contribution < 1.29 is 24.2 Å². The van der Waals surface area contributed by atoms with Crippen molar-refractivity contribution in [3.05, 3.63) is 29.8 Å². The monoisotopic (exact) mass is 593 g/mol. The van der Waals surface area contributed by atoms with Crippen LogP contribution in [0.4, 0.5) is 0 Å². The number of para-hydroxylation sites is 1. The molecule has 0 saturated heterocycles. The lowest BCUT2D eigenvalue weighted by atomic mass is 9.49. The van der Waals surface area contributed by atoms with Crippen molar-refractivity contribution in [2.75, 3.05) is 33.4 Å². The van der Waals surface area contributed by atoms with E-state index in [-0.39, 0.29) is 48.0 Å². The third-order valence-electron chi connectivity index (χ3n) is 9.66. The molecule has 4 aliphatic rings. The largest absolute Gasteiger partial charge is 0.493 e. The van der Waals surface area contributed by atoms with Gasteiger partial charge in [0.05, 0.1) is 18.3 Å². The molecule has 0 spiro atoms. The minimum Gasteiger partial charge on any atom is -0.493 e. The number of methoxy groups -OCH3 is 1. The minimum atomic E-state index is -0.831. The Morgan fingerprint density at radius 2 is 1.61 bits per heavy atom. The van der Waals surface area contributed by atoms with Crippen LogP contribution in [0.1, 0.15) is 82.0 Å². The van der Waals surface area contributed by atoms with E-state index < -0.39 is 12.1 Å². The number of hydrogen-bond acceptors (Lipinski definition) is 6. The van der Waals surface area contributed by atoms with E-state index >= 15 is 0 Å². The van der Waals surface area contributed by atoms with E-state index in [9.17, 15) is 14.7 Å². The Hall–Kier alpha value is -1.87. The van der Waals surface area contributed by atoms with Crippen LogP contribution in [0.15, 0.2) is 24.3 Å². The van der Waals surface area contributed by atoms with Crippen LogP contribution in [0.3, 0.4) is 0 Å². The van der Waals surface area contributed by atoms with Gasteiger partial charge < -0.3 is 30.9 Å². The summed E-state index contributed by atoms with van der Waals surface area (Å²) >= 11 is 0. The summed E-state index contributed by atoms with van der Waals surface area (Å²) in [7, 11) is 1.68. The molecule has 3 atom stereocenters. The molecule has 1 aromatic carbocycles. The summed E-state index contributed by atoms with van der Waals surface area (Å²) in [5, 5.41) is 17.0. The Kier molecular flexibility index (Phi) is 12.8. The molecule has 8 nitrogen and oxygen atoms in total. The molecule has 0 heterocycles. The number of amides is 2. The van der Waals surface area contributed by atoms with Crippen molar-refractivity contribution in [2.45, 2.75) is 83.8 Å². The number of ether oxygens (including phenoxy) is 2. The summed E-state index contributed by atoms with van der Waals surface area (Å²) in [6, 6.07) is 6.78. The molecule has 0 unspecified atom stereocenters. The number of aliphatic hydroxyl groups excluding tert-OH is 1. The average molecular weight is 594 g/mol. The number of rotatable bonds is 16. The summed E-state index contributed by atoms with van der Waals surface area (Å²) in [5.74, 6) is 2.93. The first-order valence-electron chi connectivity index (χ1n) is 15.4. The van der Waals surface area contributed by atoms with Gasteiger partial charge in [0, 0.05) is 38.3 Å². The van der Waals surface area contributed by atoms with Gasteiger partial charge in [-0.2, -0.15) is 0 Å². The highest BCUT2D eigenvalue weighted by atomic mass is 35.5. The second-order valence-corrected chi connectivity index (χ2v) is 13.1. The fourth-order valence-corrected chi connectivity index (χ4v) is 7.65. The Bertz CT molecular complexity index is 955. The number of unbranched alkanes of at least 4 members (excludes halogenated alkanes) is 1. The van der Waals surface area contributed by atoms with Gasteiger partial charge in [-0.05, 0) is 99.5 Å². The van der Waals surface area contributed by atoms with Crippen molar-refractivity contribution in [1.82, 2.24) is 10.6 Å². The first-order chi connectivity index (χ1) is 19.2. The molecule has 4 aliphatic carbocycles. The molecule has 9 heteroatoms. The number of hydrogen-bond donors (Lipinski definition) is 4. The standard InChI is InChI=1S/C32H51N3O5.ClH/c1-21(2)25(19-34-30(37)26-8-4-5-9-29(26)40-11-7-6-10-39-3)15-27(33)28(36)20-35-31(38)32-16-22-12-23(17-32)14-24(13-22)18-32;/h4-5,8-9,21-25,27-28,36H,6-7,10-20,33H2,1-3H3,(H,34,37)(H,35,38);1H/t22?,23?,24?,25-,27+,28+,32?;/m1./s1. The molecule has 0 radical (unpaired) electrons. The number of nitrogens with one attached hydrogen (secondary N) is 2. The average Bonchev–Trinajstić information content (AvgIpc) is 2.92. The third-order valence-corrected chi connectivity index (χ3v) is 9.66. The molecule has 1 aromatic rings. The normalized spacial score (nSPS) is 26.6. The van der Waals surface area contributed by atoms with E-state index in [1.54, 1.807) is 13.2 Å². The van der Waals surface area contributed by atoms with Crippen LogP contribution in [0.25, 0.3) is 0 Å². The lowest BCUT2D eigenvalue weighted by Crippen LogP contribution is -2.55. The highest BCUT2D eigenvalue weighted by Crippen LogP contribution is 2.60. The van der Waals surface area contributed by atoms with E-state index in [0.29, 0.717) is 55.2 Å². The maximum Gasteiger partial charge on any atom is 0.255 e. The fourth-order valence-electron chi connectivity index (χ4n) is 7.65. The van der Waals surface area contributed by atoms with Crippen molar-refractivity contribution in [1.29, 1.82) is 0 Å². The van der Waals surface area contributed by atoms with Crippen LogP contribution >= 0.6 is 12.4 Å². The highest BCUT2D eigenvalue weighted by Gasteiger charge is 2.54. The lowest BCUT2D eigenvalue weighted by molar-refractivity contribution is -0.146. The zero-order valence-electron chi connectivity index (χ0n) is 25.1. The summed E-state index contributed by atoms with van der Waals surface area (Å²) in [6.07, 6.45) is 8.35. The van der Waals surface area contributed by atoms with Gasteiger partial charge in [-0.15, -0.1) is 12.4 Å². The zero-order chi connectivity index (χ0) is 28.7. The van der Waals surface area contributed by atoms with Crippen molar-refractivity contribution in [3.8, 4) is 5.75 Å². The summed E-state index contributed by atoms with van der Waals surface area (Å²) in [5.41, 5.74) is 6.72. The number of nitrogens with two attached hydrogens (primary N) is 1. The molecule has 5 rings (SSSR count). The fraction of sp³-hybridized carbons (Fsp3) is 0.750. The summed E-state index contributed by atoms with van der Waals surface area (Å²) in [4.78, 5) is 26.3. The van der Waals surface area contributed by atoms with Crippen LogP contribution in [0.5, 0.6) is 5.75 Å². The van der Waals surface area contributed by atoms with Crippen LogP contribution in [-0.4, -0.2) is 62.5 Å². The van der Waals surface area contributed by atoms with Crippen molar-refractivity contribution >= 4 is 24.2 Å². The van der Waals surface area contributed by atoms with E-state index in [0.717, 1.165) is 32.1 Å². The van der Waals surface area contributed by atoms with E-state index in [1.165, 1.54) is 19.3 Å². The van der Waals surface area contributed by atoms with Gasteiger partial charge in [0.15, 0.2) is 0 Å². The summed E-state index contributed by atoms with van der Waals surface area (Å²) < 4.78 is 11.0. The molecule has 0 aromatic heterocycles. The Balaban J connectivity index is 0.00000462. The minimum absolute atomic E-state index is 0. The van der Waals surface area contributed by atoms with Gasteiger partial charge in [-0.25, -0.2) is 0 Å². The highest BCUT2D eigenvalue weighted by molar-refractivity contribution is 5.96. The maximum atomic E-state index is 13.3.